The lowest BCUT2D eigenvalue weighted by Gasteiger charge is -2.22. The van der Waals surface area contributed by atoms with Gasteiger partial charge >= 0.3 is 0 Å². The first-order valence-electron chi connectivity index (χ1n) is 8.06. The highest BCUT2D eigenvalue weighted by molar-refractivity contribution is 6.48. The minimum Gasteiger partial charge on any atom is -0.293 e. The molecule has 0 saturated carbocycles. The van der Waals surface area contributed by atoms with Gasteiger partial charge in [-0.05, 0) is 36.4 Å². The van der Waals surface area contributed by atoms with E-state index in [9.17, 15) is 14.4 Å². The minimum atomic E-state index is -0.907. The Bertz CT molecular complexity index is 940. The zero-order valence-electron chi connectivity index (χ0n) is 13.8. The molecular weight excluding hydrogens is 354 g/mol. The summed E-state index contributed by atoms with van der Waals surface area (Å²) in [6.45, 7) is 1.35. The van der Waals surface area contributed by atoms with Gasteiger partial charge in [-0.25, -0.2) is 4.90 Å². The Morgan fingerprint density at radius 1 is 0.962 bits per heavy atom. The second kappa shape index (κ2) is 6.07. The maximum Gasteiger partial charge on any atom is 0.259 e. The van der Waals surface area contributed by atoms with Crippen LogP contribution in [0.1, 0.15) is 6.92 Å². The number of benzene rings is 2. The fourth-order valence-electron chi connectivity index (χ4n) is 3.34. The highest BCUT2D eigenvalue weighted by atomic mass is 35.5. The summed E-state index contributed by atoms with van der Waals surface area (Å²) in [4.78, 5) is 39.2. The molecule has 0 radical (unpaired) electrons. The van der Waals surface area contributed by atoms with Crippen LogP contribution in [0.2, 0.25) is 5.02 Å². The van der Waals surface area contributed by atoms with E-state index in [0.29, 0.717) is 16.4 Å². The van der Waals surface area contributed by atoms with Crippen LogP contribution in [0.15, 0.2) is 59.7 Å². The van der Waals surface area contributed by atoms with Gasteiger partial charge in [0.05, 0.1) is 11.4 Å². The number of hydrazone groups is 1. The van der Waals surface area contributed by atoms with Crippen molar-refractivity contribution in [3.8, 4) is 0 Å². The minimum absolute atomic E-state index is 0.105. The van der Waals surface area contributed by atoms with Crippen molar-refractivity contribution in [2.24, 2.45) is 11.0 Å². The monoisotopic (exact) mass is 367 g/mol. The van der Waals surface area contributed by atoms with E-state index in [-0.39, 0.29) is 11.5 Å². The fraction of sp³-hybridized carbons (Fsp3) is 0.158. The van der Waals surface area contributed by atoms with Gasteiger partial charge in [0.2, 0.25) is 5.91 Å². The maximum absolute atomic E-state index is 13.1. The van der Waals surface area contributed by atoms with Gasteiger partial charge in [-0.2, -0.15) is 5.10 Å². The molecule has 26 heavy (non-hydrogen) atoms. The molecule has 0 aromatic heterocycles. The third-order valence-corrected chi connectivity index (χ3v) is 4.77. The van der Waals surface area contributed by atoms with Crippen LogP contribution in [-0.4, -0.2) is 29.4 Å². The number of anilines is 2. The Morgan fingerprint density at radius 2 is 1.62 bits per heavy atom. The predicted molar refractivity (Wildman–Crippen MR) is 98.3 cm³/mol. The number of para-hydroxylation sites is 1. The van der Waals surface area contributed by atoms with Crippen molar-refractivity contribution >= 4 is 46.3 Å². The van der Waals surface area contributed by atoms with Crippen molar-refractivity contribution in [2.45, 2.75) is 13.0 Å². The Labute approximate surface area is 154 Å². The lowest BCUT2D eigenvalue weighted by atomic mass is 9.95. The summed E-state index contributed by atoms with van der Waals surface area (Å²) < 4.78 is 0. The van der Waals surface area contributed by atoms with Gasteiger partial charge in [-0.3, -0.25) is 19.4 Å². The van der Waals surface area contributed by atoms with Crippen molar-refractivity contribution in [1.29, 1.82) is 0 Å². The topological polar surface area (TPSA) is 70.1 Å². The average molecular weight is 368 g/mol. The number of hydrogen-bond donors (Lipinski definition) is 0. The molecular formula is C19H14ClN3O3. The van der Waals surface area contributed by atoms with E-state index >= 15 is 0 Å². The maximum atomic E-state index is 13.1. The van der Waals surface area contributed by atoms with Crippen LogP contribution >= 0.6 is 11.6 Å². The van der Waals surface area contributed by atoms with Crippen LogP contribution in [0.4, 0.5) is 11.4 Å². The van der Waals surface area contributed by atoms with Crippen molar-refractivity contribution in [1.82, 2.24) is 0 Å². The number of Topliss-reactive ketones (excluding diaryl/α,β-unsaturated/α-hetero) is 1. The van der Waals surface area contributed by atoms with Crippen molar-refractivity contribution < 1.29 is 14.4 Å². The number of carbonyl (C=O) groups excluding carboxylic acids is 3. The molecule has 6 nitrogen and oxygen atoms in total. The second-order valence-corrected chi connectivity index (χ2v) is 6.57. The van der Waals surface area contributed by atoms with Gasteiger partial charge < -0.3 is 0 Å². The van der Waals surface area contributed by atoms with E-state index in [4.69, 9.17) is 11.6 Å². The Kier molecular flexibility index (Phi) is 3.85. The van der Waals surface area contributed by atoms with Crippen LogP contribution in [0.25, 0.3) is 0 Å². The second-order valence-electron chi connectivity index (χ2n) is 6.13. The SMILES string of the molecule is CC(=O)C1=NN(c2ccccc2)C2C(=O)N(c3ccc(Cl)cc3)C(=O)C12. The third-order valence-electron chi connectivity index (χ3n) is 4.52. The number of fused-ring (bicyclic) bond motifs is 1. The van der Waals surface area contributed by atoms with Crippen LogP contribution in [0.5, 0.6) is 0 Å². The molecule has 2 aliphatic rings. The van der Waals surface area contributed by atoms with E-state index in [1.54, 1.807) is 36.4 Å². The van der Waals surface area contributed by atoms with Crippen molar-refractivity contribution in [3.05, 3.63) is 59.6 Å². The molecule has 0 aliphatic carbocycles. The molecule has 2 aromatic carbocycles. The zero-order chi connectivity index (χ0) is 18.4. The molecule has 1 fully saturated rings. The van der Waals surface area contributed by atoms with E-state index in [0.717, 1.165) is 4.90 Å². The normalized spacial score (nSPS) is 21.8. The first-order valence-corrected chi connectivity index (χ1v) is 8.44. The molecule has 2 heterocycles. The van der Waals surface area contributed by atoms with Crippen LogP contribution < -0.4 is 9.91 Å². The van der Waals surface area contributed by atoms with Gasteiger partial charge in [0.25, 0.3) is 5.91 Å². The highest BCUT2D eigenvalue weighted by Crippen LogP contribution is 2.37. The molecule has 2 amide bonds. The van der Waals surface area contributed by atoms with E-state index in [1.165, 1.54) is 11.9 Å². The number of nitrogens with zero attached hydrogens (tertiary/aromatic N) is 3. The largest absolute Gasteiger partial charge is 0.293 e. The molecule has 130 valence electrons. The van der Waals surface area contributed by atoms with Gasteiger partial charge in [-0.15, -0.1) is 0 Å². The van der Waals surface area contributed by atoms with E-state index < -0.39 is 23.8 Å². The van der Waals surface area contributed by atoms with E-state index in [2.05, 4.69) is 5.10 Å². The number of amides is 2. The third kappa shape index (κ3) is 2.42. The van der Waals surface area contributed by atoms with Crippen LogP contribution in [-0.2, 0) is 14.4 Å². The lowest BCUT2D eigenvalue weighted by molar-refractivity contribution is -0.122. The fourth-order valence-corrected chi connectivity index (χ4v) is 3.47. The molecule has 0 bridgehead atoms. The summed E-state index contributed by atoms with van der Waals surface area (Å²) >= 11 is 5.89. The first-order chi connectivity index (χ1) is 12.5. The number of imide groups is 1. The summed E-state index contributed by atoms with van der Waals surface area (Å²) in [5.74, 6) is -2.09. The van der Waals surface area contributed by atoms with E-state index in [1.807, 2.05) is 18.2 Å². The number of rotatable bonds is 3. The summed E-state index contributed by atoms with van der Waals surface area (Å²) in [7, 11) is 0. The number of halogens is 1. The van der Waals surface area contributed by atoms with Crippen LogP contribution in [0.3, 0.4) is 0 Å². The molecule has 2 aromatic rings. The zero-order valence-corrected chi connectivity index (χ0v) is 14.6. The quantitative estimate of drug-likeness (QED) is 0.782. The van der Waals surface area contributed by atoms with Gasteiger partial charge in [0, 0.05) is 11.9 Å². The number of carbonyl (C=O) groups is 3. The Balaban J connectivity index is 1.80. The van der Waals surface area contributed by atoms with Gasteiger partial charge in [-0.1, -0.05) is 29.8 Å². The molecule has 0 spiro atoms. The van der Waals surface area contributed by atoms with Gasteiger partial charge in [0.1, 0.15) is 17.7 Å². The molecule has 2 aliphatic heterocycles. The van der Waals surface area contributed by atoms with Crippen LogP contribution in [0, 0.1) is 5.92 Å². The molecule has 0 N–H and O–H groups in total. The molecule has 1 saturated heterocycles. The molecule has 2 unspecified atom stereocenters. The summed E-state index contributed by atoms with van der Waals surface area (Å²) in [5, 5.41) is 6.27. The first kappa shape index (κ1) is 16.5. The molecule has 2 atom stereocenters. The number of ketones is 1. The smallest absolute Gasteiger partial charge is 0.259 e. The molecule has 4 rings (SSSR count). The lowest BCUT2D eigenvalue weighted by Crippen LogP contribution is -2.39. The molecule has 7 heteroatoms. The highest BCUT2D eigenvalue weighted by Gasteiger charge is 2.58. The van der Waals surface area contributed by atoms with Gasteiger partial charge in [0.15, 0.2) is 5.78 Å². The Hall–Kier alpha value is -2.99. The number of hydrogen-bond acceptors (Lipinski definition) is 5. The Morgan fingerprint density at radius 3 is 2.23 bits per heavy atom. The summed E-state index contributed by atoms with van der Waals surface area (Å²) in [6, 6.07) is 14.6. The standard InChI is InChI=1S/C19H14ClN3O3/c1-11(24)16-15-17(23(21-16)14-5-3-2-4-6-14)19(26)22(18(15)25)13-9-7-12(20)8-10-13/h2-10,15,17H,1H3. The predicted octanol–water partition coefficient (Wildman–Crippen LogP) is 2.66. The van der Waals surface area contributed by atoms with Crippen molar-refractivity contribution in [3.63, 3.8) is 0 Å². The average Bonchev–Trinajstić information content (AvgIpc) is 3.15. The summed E-state index contributed by atoms with van der Waals surface area (Å²) in [5.41, 5.74) is 1.18. The van der Waals surface area contributed by atoms with Crippen molar-refractivity contribution in [2.75, 3.05) is 9.91 Å². The summed E-state index contributed by atoms with van der Waals surface area (Å²) in [6.07, 6.45) is 0.